The number of rotatable bonds is 3. The molecular weight excluding hydrogens is 208 g/mol. The van der Waals surface area contributed by atoms with Crippen molar-refractivity contribution in [1.29, 1.82) is 0 Å². The van der Waals surface area contributed by atoms with Gasteiger partial charge in [-0.05, 0) is 32.4 Å². The molecule has 1 heterocycles. The third-order valence-corrected chi connectivity index (χ3v) is 1.69. The standard InChI is InChI=1S/C11H16N2O3/c1-11(2,3)16-10(15)5-9-4-8(7-14)6-12-13-9/h4,6,14H,5,7H2,1-3H3. The molecule has 0 spiro atoms. The Labute approximate surface area is 94.5 Å². The Kier molecular flexibility index (Phi) is 3.95. The summed E-state index contributed by atoms with van der Waals surface area (Å²) >= 11 is 0. The number of carbonyl (C=O) groups is 1. The molecule has 0 bridgehead atoms. The van der Waals surface area contributed by atoms with E-state index < -0.39 is 5.60 Å². The number of hydrogen-bond acceptors (Lipinski definition) is 5. The maximum absolute atomic E-state index is 11.5. The van der Waals surface area contributed by atoms with Gasteiger partial charge in [0, 0.05) is 0 Å². The molecule has 0 saturated heterocycles. The third kappa shape index (κ3) is 4.35. The molecule has 0 radical (unpaired) electrons. The summed E-state index contributed by atoms with van der Waals surface area (Å²) in [6.45, 7) is 5.30. The molecule has 1 rings (SSSR count). The molecule has 0 aliphatic carbocycles. The molecule has 0 saturated carbocycles. The van der Waals surface area contributed by atoms with E-state index in [1.54, 1.807) is 26.8 Å². The van der Waals surface area contributed by atoms with E-state index in [1.165, 1.54) is 6.20 Å². The molecule has 1 N–H and O–H groups in total. The van der Waals surface area contributed by atoms with Gasteiger partial charge in [0.15, 0.2) is 0 Å². The first kappa shape index (κ1) is 12.6. The average Bonchev–Trinajstić information content (AvgIpc) is 2.15. The topological polar surface area (TPSA) is 72.3 Å². The summed E-state index contributed by atoms with van der Waals surface area (Å²) in [5.41, 5.74) is 0.633. The minimum Gasteiger partial charge on any atom is -0.460 e. The van der Waals surface area contributed by atoms with Crippen LogP contribution < -0.4 is 0 Å². The molecule has 16 heavy (non-hydrogen) atoms. The van der Waals surface area contributed by atoms with Gasteiger partial charge in [-0.1, -0.05) is 0 Å². The highest BCUT2D eigenvalue weighted by Gasteiger charge is 2.17. The molecule has 1 aromatic rings. The number of esters is 1. The Morgan fingerprint density at radius 1 is 1.50 bits per heavy atom. The molecule has 5 heteroatoms. The van der Waals surface area contributed by atoms with Gasteiger partial charge in [0.1, 0.15) is 5.60 Å². The second kappa shape index (κ2) is 5.03. The fourth-order valence-corrected chi connectivity index (χ4v) is 1.16. The van der Waals surface area contributed by atoms with Crippen molar-refractivity contribution in [2.75, 3.05) is 0 Å². The number of ether oxygens (including phenoxy) is 1. The Bertz CT molecular complexity index is 372. The van der Waals surface area contributed by atoms with Gasteiger partial charge in [-0.2, -0.15) is 10.2 Å². The fraction of sp³-hybridized carbons (Fsp3) is 0.545. The summed E-state index contributed by atoms with van der Waals surface area (Å²) in [6, 6.07) is 1.64. The Balaban J connectivity index is 2.62. The van der Waals surface area contributed by atoms with Gasteiger partial charge in [-0.3, -0.25) is 4.79 Å². The van der Waals surface area contributed by atoms with E-state index in [2.05, 4.69) is 10.2 Å². The van der Waals surface area contributed by atoms with E-state index in [0.717, 1.165) is 0 Å². The maximum Gasteiger partial charge on any atom is 0.312 e. The zero-order valence-corrected chi connectivity index (χ0v) is 9.73. The summed E-state index contributed by atoms with van der Waals surface area (Å²) in [5.74, 6) is -0.350. The molecule has 1 aromatic heterocycles. The van der Waals surface area contributed by atoms with Crippen LogP contribution in [0.4, 0.5) is 0 Å². The van der Waals surface area contributed by atoms with E-state index in [-0.39, 0.29) is 19.0 Å². The largest absolute Gasteiger partial charge is 0.460 e. The van der Waals surface area contributed by atoms with Crippen LogP contribution in [0.25, 0.3) is 0 Å². The van der Waals surface area contributed by atoms with Gasteiger partial charge in [0.2, 0.25) is 0 Å². The molecule has 0 aliphatic heterocycles. The smallest absolute Gasteiger partial charge is 0.312 e. The number of hydrogen-bond donors (Lipinski definition) is 1. The first-order valence-corrected chi connectivity index (χ1v) is 5.04. The fourth-order valence-electron chi connectivity index (χ4n) is 1.16. The molecular formula is C11H16N2O3. The number of nitrogens with zero attached hydrogens (tertiary/aromatic N) is 2. The second-order valence-electron chi connectivity index (χ2n) is 4.48. The van der Waals surface area contributed by atoms with E-state index >= 15 is 0 Å². The zero-order valence-electron chi connectivity index (χ0n) is 9.73. The lowest BCUT2D eigenvalue weighted by molar-refractivity contribution is -0.154. The molecule has 0 atom stereocenters. The van der Waals surface area contributed by atoms with E-state index in [9.17, 15) is 4.79 Å². The van der Waals surface area contributed by atoms with Gasteiger partial charge < -0.3 is 9.84 Å². The number of aromatic nitrogens is 2. The van der Waals surface area contributed by atoms with Crippen molar-refractivity contribution in [2.45, 2.75) is 39.4 Å². The number of carbonyl (C=O) groups excluding carboxylic acids is 1. The van der Waals surface area contributed by atoms with Crippen LogP contribution in [0.2, 0.25) is 0 Å². The van der Waals surface area contributed by atoms with Crippen molar-refractivity contribution in [1.82, 2.24) is 10.2 Å². The van der Waals surface area contributed by atoms with Crippen LogP contribution >= 0.6 is 0 Å². The van der Waals surface area contributed by atoms with Crippen molar-refractivity contribution in [2.24, 2.45) is 0 Å². The average molecular weight is 224 g/mol. The van der Waals surface area contributed by atoms with Crippen molar-refractivity contribution in [3.05, 3.63) is 23.5 Å². The van der Waals surface area contributed by atoms with Gasteiger partial charge >= 0.3 is 5.97 Å². The van der Waals surface area contributed by atoms with Gasteiger partial charge in [-0.15, -0.1) is 0 Å². The van der Waals surface area contributed by atoms with Crippen LogP contribution in [0.1, 0.15) is 32.0 Å². The van der Waals surface area contributed by atoms with Gasteiger partial charge in [0.05, 0.1) is 24.9 Å². The Hall–Kier alpha value is -1.49. The van der Waals surface area contributed by atoms with Crippen LogP contribution in [0, 0.1) is 0 Å². The summed E-state index contributed by atoms with van der Waals surface area (Å²) in [6.07, 6.45) is 1.52. The minimum absolute atomic E-state index is 0.0676. The van der Waals surface area contributed by atoms with Crippen LogP contribution in [-0.2, 0) is 22.6 Å². The summed E-state index contributed by atoms with van der Waals surface area (Å²) < 4.78 is 5.15. The van der Waals surface area contributed by atoms with Crippen molar-refractivity contribution in [3.8, 4) is 0 Å². The van der Waals surface area contributed by atoms with Gasteiger partial charge in [0.25, 0.3) is 0 Å². The Morgan fingerprint density at radius 2 is 2.19 bits per heavy atom. The van der Waals surface area contributed by atoms with E-state index in [0.29, 0.717) is 11.3 Å². The maximum atomic E-state index is 11.5. The molecule has 0 aromatic carbocycles. The molecule has 0 aliphatic rings. The minimum atomic E-state index is -0.501. The second-order valence-corrected chi connectivity index (χ2v) is 4.48. The van der Waals surface area contributed by atoms with Crippen LogP contribution in [0.15, 0.2) is 12.3 Å². The highest BCUT2D eigenvalue weighted by Crippen LogP contribution is 2.09. The summed E-state index contributed by atoms with van der Waals surface area (Å²) in [7, 11) is 0. The van der Waals surface area contributed by atoms with Crippen LogP contribution in [0.5, 0.6) is 0 Å². The van der Waals surface area contributed by atoms with Crippen LogP contribution in [-0.4, -0.2) is 26.9 Å². The van der Waals surface area contributed by atoms with Gasteiger partial charge in [-0.25, -0.2) is 0 Å². The molecule has 0 amide bonds. The van der Waals surface area contributed by atoms with E-state index in [1.807, 2.05) is 0 Å². The van der Waals surface area contributed by atoms with Crippen molar-refractivity contribution in [3.63, 3.8) is 0 Å². The first-order valence-electron chi connectivity index (χ1n) is 5.04. The quantitative estimate of drug-likeness (QED) is 0.771. The lowest BCUT2D eigenvalue weighted by Gasteiger charge is -2.19. The summed E-state index contributed by atoms with van der Waals surface area (Å²) in [5, 5.41) is 16.4. The number of aliphatic hydroxyl groups is 1. The molecule has 0 fully saturated rings. The lowest BCUT2D eigenvalue weighted by atomic mass is 10.2. The zero-order chi connectivity index (χ0) is 12.2. The molecule has 0 unspecified atom stereocenters. The highest BCUT2D eigenvalue weighted by molar-refractivity contribution is 5.72. The predicted molar refractivity (Wildman–Crippen MR) is 57.5 cm³/mol. The summed E-state index contributed by atoms with van der Waals surface area (Å²) in [4.78, 5) is 11.5. The lowest BCUT2D eigenvalue weighted by Crippen LogP contribution is -2.25. The Morgan fingerprint density at radius 3 is 2.75 bits per heavy atom. The first-order chi connectivity index (χ1) is 7.40. The molecule has 88 valence electrons. The predicted octanol–water partition coefficient (Wildman–Crippen LogP) is 0.853. The van der Waals surface area contributed by atoms with E-state index in [4.69, 9.17) is 9.84 Å². The number of aliphatic hydroxyl groups excluding tert-OH is 1. The highest BCUT2D eigenvalue weighted by atomic mass is 16.6. The SMILES string of the molecule is CC(C)(C)OC(=O)Cc1cc(CO)cnn1. The monoisotopic (exact) mass is 224 g/mol. The van der Waals surface area contributed by atoms with Crippen LogP contribution in [0.3, 0.4) is 0 Å². The van der Waals surface area contributed by atoms with Crippen molar-refractivity contribution < 1.29 is 14.6 Å². The third-order valence-electron chi connectivity index (χ3n) is 1.69. The normalized spacial score (nSPS) is 11.2. The van der Waals surface area contributed by atoms with Crippen molar-refractivity contribution >= 4 is 5.97 Å². The molecule has 5 nitrogen and oxygen atoms in total.